The summed E-state index contributed by atoms with van der Waals surface area (Å²) >= 11 is 6.70. The summed E-state index contributed by atoms with van der Waals surface area (Å²) in [5, 5.41) is 3.02. The van der Waals surface area contributed by atoms with E-state index in [1.165, 1.54) is 30.4 Å². The van der Waals surface area contributed by atoms with Crippen molar-refractivity contribution in [1.29, 1.82) is 0 Å². The lowest BCUT2D eigenvalue weighted by atomic mass is 9.92. The molecular formula is C16H19ClN2O. The van der Waals surface area contributed by atoms with Crippen LogP contribution in [0.3, 0.4) is 0 Å². The maximum absolute atomic E-state index is 11.6. The molecule has 106 valence electrons. The summed E-state index contributed by atoms with van der Waals surface area (Å²) in [5.74, 6) is 2.56. The first-order valence-electron chi connectivity index (χ1n) is 7.41. The Kier molecular flexibility index (Phi) is 2.75. The Morgan fingerprint density at radius 3 is 2.80 bits per heavy atom. The Bertz CT molecular complexity index is 564. The van der Waals surface area contributed by atoms with Crippen molar-refractivity contribution in [3.63, 3.8) is 0 Å². The summed E-state index contributed by atoms with van der Waals surface area (Å²) in [4.78, 5) is 13.3. The molecule has 2 aliphatic carbocycles. The molecule has 2 fully saturated rings. The number of fused-ring (bicyclic) bond motifs is 2. The highest BCUT2D eigenvalue weighted by Crippen LogP contribution is 2.58. The number of nitrogens with zero attached hydrogens (tertiary/aromatic N) is 1. The molecule has 4 rings (SSSR count). The smallest absolute Gasteiger partial charge is 0.321 e. The molecule has 1 aromatic carbocycles. The molecule has 3 atom stereocenters. The number of alkyl halides is 1. The van der Waals surface area contributed by atoms with E-state index in [2.05, 4.69) is 17.4 Å². The Morgan fingerprint density at radius 1 is 1.30 bits per heavy atom. The van der Waals surface area contributed by atoms with E-state index < -0.39 is 0 Å². The van der Waals surface area contributed by atoms with Gasteiger partial charge in [0.2, 0.25) is 0 Å². The van der Waals surface area contributed by atoms with Crippen molar-refractivity contribution in [3.05, 3.63) is 29.3 Å². The quantitative estimate of drug-likeness (QED) is 0.821. The number of carbonyl (C=O) groups excluding carboxylic acids is 1. The lowest BCUT2D eigenvalue weighted by Gasteiger charge is -2.27. The number of benzene rings is 1. The maximum atomic E-state index is 11.6. The lowest BCUT2D eigenvalue weighted by Crippen LogP contribution is -2.35. The van der Waals surface area contributed by atoms with Gasteiger partial charge in [-0.05, 0) is 54.2 Å². The van der Waals surface area contributed by atoms with E-state index in [-0.39, 0.29) is 11.4 Å². The van der Waals surface area contributed by atoms with Crippen molar-refractivity contribution in [3.8, 4) is 0 Å². The van der Waals surface area contributed by atoms with Gasteiger partial charge in [0.05, 0.1) is 5.38 Å². The number of halogens is 1. The van der Waals surface area contributed by atoms with Gasteiger partial charge in [-0.3, -0.25) is 0 Å². The van der Waals surface area contributed by atoms with Crippen molar-refractivity contribution in [2.45, 2.75) is 31.2 Å². The predicted octanol–water partition coefficient (Wildman–Crippen LogP) is 3.99. The van der Waals surface area contributed by atoms with Gasteiger partial charge < -0.3 is 10.2 Å². The molecule has 0 saturated heterocycles. The topological polar surface area (TPSA) is 32.3 Å². The van der Waals surface area contributed by atoms with Crippen molar-refractivity contribution in [2.75, 3.05) is 12.4 Å². The van der Waals surface area contributed by atoms with Crippen molar-refractivity contribution >= 4 is 23.3 Å². The van der Waals surface area contributed by atoms with Crippen molar-refractivity contribution in [1.82, 2.24) is 4.90 Å². The number of hydrogen-bond donors (Lipinski definition) is 1. The van der Waals surface area contributed by atoms with Gasteiger partial charge in [0.15, 0.2) is 0 Å². The van der Waals surface area contributed by atoms with Gasteiger partial charge in [0.25, 0.3) is 0 Å². The molecule has 3 nitrogen and oxygen atoms in total. The van der Waals surface area contributed by atoms with Crippen LogP contribution in [-0.4, -0.2) is 18.0 Å². The van der Waals surface area contributed by atoms with E-state index in [0.717, 1.165) is 17.5 Å². The third-order valence-corrected chi connectivity index (χ3v) is 5.75. The molecular weight excluding hydrogens is 272 g/mol. The monoisotopic (exact) mass is 290 g/mol. The van der Waals surface area contributed by atoms with E-state index in [1.54, 1.807) is 4.90 Å². The van der Waals surface area contributed by atoms with E-state index in [9.17, 15) is 4.79 Å². The fourth-order valence-corrected chi connectivity index (χ4v) is 4.19. The second kappa shape index (κ2) is 4.39. The standard InChI is InChI=1S/C16H19ClN2O/c1-19-8-13-4-9(2-3-14(13)18-16(19)20)15(17)12-6-10-5-11(10)7-12/h2-4,10-12,15H,5-8H2,1H3,(H,18,20). The summed E-state index contributed by atoms with van der Waals surface area (Å²) in [6, 6.07) is 6.21. The molecule has 0 aromatic heterocycles. The number of urea groups is 1. The highest BCUT2D eigenvalue weighted by Gasteiger charge is 2.47. The van der Waals surface area contributed by atoms with Gasteiger partial charge in [-0.15, -0.1) is 11.6 Å². The zero-order valence-corrected chi connectivity index (χ0v) is 12.4. The Labute approximate surface area is 124 Å². The SMILES string of the molecule is CN1Cc2cc(C(Cl)C3CC4CC4C3)ccc2NC1=O. The normalized spacial score (nSPS) is 32.4. The first-order chi connectivity index (χ1) is 9.61. The molecule has 0 radical (unpaired) electrons. The molecule has 2 amide bonds. The molecule has 20 heavy (non-hydrogen) atoms. The number of hydrogen-bond acceptors (Lipinski definition) is 1. The number of nitrogens with one attached hydrogen (secondary N) is 1. The van der Waals surface area contributed by atoms with Gasteiger partial charge in [0.1, 0.15) is 0 Å². The Morgan fingerprint density at radius 2 is 2.05 bits per heavy atom. The van der Waals surface area contributed by atoms with Crippen LogP contribution in [0.2, 0.25) is 0 Å². The largest absolute Gasteiger partial charge is 0.323 e. The second-order valence-corrected chi connectivity index (χ2v) is 7.06. The van der Waals surface area contributed by atoms with Crippen LogP contribution in [0.4, 0.5) is 10.5 Å². The molecule has 3 unspecified atom stereocenters. The fraction of sp³-hybridized carbons (Fsp3) is 0.562. The molecule has 1 N–H and O–H groups in total. The maximum Gasteiger partial charge on any atom is 0.321 e. The molecule has 0 spiro atoms. The minimum atomic E-state index is -0.0384. The average molecular weight is 291 g/mol. The molecule has 4 heteroatoms. The van der Waals surface area contributed by atoms with Crippen LogP contribution in [0.1, 0.15) is 35.8 Å². The van der Waals surface area contributed by atoms with E-state index >= 15 is 0 Å². The third kappa shape index (κ3) is 1.99. The predicted molar refractivity (Wildman–Crippen MR) is 79.8 cm³/mol. The zero-order chi connectivity index (χ0) is 13.9. The highest BCUT2D eigenvalue weighted by atomic mass is 35.5. The summed E-state index contributed by atoms with van der Waals surface area (Å²) < 4.78 is 0. The summed E-state index contributed by atoms with van der Waals surface area (Å²) in [5.41, 5.74) is 3.30. The van der Waals surface area contributed by atoms with Gasteiger partial charge in [-0.2, -0.15) is 0 Å². The van der Waals surface area contributed by atoms with Crippen LogP contribution in [0.25, 0.3) is 0 Å². The first-order valence-corrected chi connectivity index (χ1v) is 7.84. The summed E-state index contributed by atoms with van der Waals surface area (Å²) in [6.07, 6.45) is 4.03. The van der Waals surface area contributed by atoms with Crippen LogP contribution in [0.15, 0.2) is 18.2 Å². The van der Waals surface area contributed by atoms with Crippen LogP contribution < -0.4 is 5.32 Å². The lowest BCUT2D eigenvalue weighted by molar-refractivity contribution is 0.218. The summed E-state index contributed by atoms with van der Waals surface area (Å²) in [6.45, 7) is 0.661. The van der Waals surface area contributed by atoms with Crippen LogP contribution in [0, 0.1) is 17.8 Å². The van der Waals surface area contributed by atoms with E-state index in [0.29, 0.717) is 12.5 Å². The van der Waals surface area contributed by atoms with E-state index in [1.807, 2.05) is 13.1 Å². The average Bonchev–Trinajstić information content (AvgIpc) is 3.05. The molecule has 2 saturated carbocycles. The molecule has 1 aromatic rings. The number of rotatable bonds is 2. The zero-order valence-electron chi connectivity index (χ0n) is 11.6. The summed E-state index contributed by atoms with van der Waals surface area (Å²) in [7, 11) is 1.81. The Balaban J connectivity index is 1.57. The van der Waals surface area contributed by atoms with Crippen LogP contribution >= 0.6 is 11.6 Å². The van der Waals surface area contributed by atoms with Crippen LogP contribution in [-0.2, 0) is 6.54 Å². The Hall–Kier alpha value is -1.22. The van der Waals surface area contributed by atoms with Crippen molar-refractivity contribution < 1.29 is 4.79 Å². The fourth-order valence-electron chi connectivity index (χ4n) is 3.85. The number of anilines is 1. The number of carbonyl (C=O) groups is 1. The van der Waals surface area contributed by atoms with Crippen molar-refractivity contribution in [2.24, 2.45) is 17.8 Å². The van der Waals surface area contributed by atoms with Gasteiger partial charge in [-0.25, -0.2) is 4.79 Å². The minimum absolute atomic E-state index is 0.0384. The van der Waals surface area contributed by atoms with Gasteiger partial charge in [0, 0.05) is 19.3 Å². The number of amides is 2. The molecule has 1 heterocycles. The van der Waals surface area contributed by atoms with Crippen LogP contribution in [0.5, 0.6) is 0 Å². The molecule has 3 aliphatic rings. The highest BCUT2D eigenvalue weighted by molar-refractivity contribution is 6.21. The van der Waals surface area contributed by atoms with Gasteiger partial charge in [-0.1, -0.05) is 12.1 Å². The van der Waals surface area contributed by atoms with E-state index in [4.69, 9.17) is 11.6 Å². The third-order valence-electron chi connectivity index (χ3n) is 5.14. The first kappa shape index (κ1) is 12.5. The minimum Gasteiger partial charge on any atom is -0.323 e. The molecule has 0 bridgehead atoms. The van der Waals surface area contributed by atoms with Gasteiger partial charge >= 0.3 is 6.03 Å². The second-order valence-electron chi connectivity index (χ2n) is 6.59. The molecule has 1 aliphatic heterocycles.